The highest BCUT2D eigenvalue weighted by Gasteiger charge is 2.19. The Morgan fingerprint density at radius 1 is 1.07 bits per heavy atom. The molecule has 4 rings (SSSR count). The van der Waals surface area contributed by atoms with Crippen molar-refractivity contribution in [2.24, 2.45) is 0 Å². The van der Waals surface area contributed by atoms with E-state index in [0.29, 0.717) is 12.3 Å². The number of hydrogen-bond donors (Lipinski definition) is 0. The van der Waals surface area contributed by atoms with Crippen LogP contribution in [0.5, 0.6) is 0 Å². The number of thioether (sulfide) groups is 1. The zero-order valence-corrected chi connectivity index (χ0v) is 17.3. The standard InChI is InChI=1S/C20H23N7OS/c1-3-4-11-27-18(21-24-25-27)14-29-20-23-22-19(17-10-12-28-15(17)2)26(20)13-16-8-6-5-7-9-16/h5-10,12H,3-4,11,13-14H2,1-2H3. The van der Waals surface area contributed by atoms with E-state index in [1.807, 2.05) is 35.9 Å². The van der Waals surface area contributed by atoms with E-state index in [1.165, 1.54) is 5.56 Å². The monoisotopic (exact) mass is 409 g/mol. The van der Waals surface area contributed by atoms with Gasteiger partial charge in [-0.15, -0.1) is 15.3 Å². The Kier molecular flexibility index (Phi) is 6.04. The minimum absolute atomic E-state index is 0.633. The molecule has 0 saturated carbocycles. The van der Waals surface area contributed by atoms with Gasteiger partial charge in [-0.2, -0.15) is 0 Å². The number of aryl methyl sites for hydroxylation is 2. The summed E-state index contributed by atoms with van der Waals surface area (Å²) in [6.07, 6.45) is 3.84. The van der Waals surface area contributed by atoms with E-state index in [9.17, 15) is 0 Å². The molecule has 29 heavy (non-hydrogen) atoms. The third-order valence-electron chi connectivity index (χ3n) is 4.66. The molecule has 0 radical (unpaired) electrons. The normalized spacial score (nSPS) is 11.2. The lowest BCUT2D eigenvalue weighted by Crippen LogP contribution is -2.07. The molecule has 0 N–H and O–H groups in total. The molecule has 9 heteroatoms. The van der Waals surface area contributed by atoms with Crippen LogP contribution in [-0.4, -0.2) is 35.0 Å². The van der Waals surface area contributed by atoms with Crippen LogP contribution in [0.3, 0.4) is 0 Å². The zero-order valence-electron chi connectivity index (χ0n) is 16.5. The number of furan rings is 1. The molecule has 0 spiro atoms. The maximum atomic E-state index is 5.49. The second kappa shape index (κ2) is 9.04. The van der Waals surface area contributed by atoms with Gasteiger partial charge in [0.25, 0.3) is 0 Å². The number of hydrogen-bond acceptors (Lipinski definition) is 7. The average Bonchev–Trinajstić information content (AvgIpc) is 3.46. The molecule has 0 aliphatic heterocycles. The van der Waals surface area contributed by atoms with E-state index in [0.717, 1.165) is 47.5 Å². The van der Waals surface area contributed by atoms with Crippen LogP contribution in [0.25, 0.3) is 11.4 Å². The van der Waals surface area contributed by atoms with Gasteiger partial charge in [0.15, 0.2) is 16.8 Å². The number of nitrogens with zero attached hydrogens (tertiary/aromatic N) is 7. The summed E-state index contributed by atoms with van der Waals surface area (Å²) in [5.74, 6) is 3.10. The van der Waals surface area contributed by atoms with E-state index in [1.54, 1.807) is 18.0 Å². The van der Waals surface area contributed by atoms with Crippen LogP contribution in [0.15, 0.2) is 52.2 Å². The summed E-state index contributed by atoms with van der Waals surface area (Å²) in [6, 6.07) is 12.2. The van der Waals surface area contributed by atoms with Crippen LogP contribution < -0.4 is 0 Å². The number of benzene rings is 1. The maximum absolute atomic E-state index is 5.49. The molecule has 0 saturated heterocycles. The van der Waals surface area contributed by atoms with E-state index in [2.05, 4.69) is 49.3 Å². The Morgan fingerprint density at radius 3 is 2.69 bits per heavy atom. The van der Waals surface area contributed by atoms with E-state index < -0.39 is 0 Å². The molecule has 3 heterocycles. The third kappa shape index (κ3) is 4.40. The summed E-state index contributed by atoms with van der Waals surface area (Å²) in [4.78, 5) is 0. The lowest BCUT2D eigenvalue weighted by atomic mass is 10.2. The number of unbranched alkanes of at least 4 members (excludes halogenated alkanes) is 1. The van der Waals surface area contributed by atoms with E-state index in [-0.39, 0.29) is 0 Å². The molecule has 4 aromatic rings. The van der Waals surface area contributed by atoms with Gasteiger partial charge in [-0.05, 0) is 35.4 Å². The van der Waals surface area contributed by atoms with Crippen LogP contribution in [0.2, 0.25) is 0 Å². The van der Waals surface area contributed by atoms with Gasteiger partial charge >= 0.3 is 0 Å². The van der Waals surface area contributed by atoms with Gasteiger partial charge in [0.1, 0.15) is 5.76 Å². The Hall–Kier alpha value is -2.94. The Balaban J connectivity index is 1.60. The first-order valence-electron chi connectivity index (χ1n) is 9.65. The summed E-state index contributed by atoms with van der Waals surface area (Å²) >= 11 is 1.59. The molecule has 3 aromatic heterocycles. The quantitative estimate of drug-likeness (QED) is 0.386. The number of aromatic nitrogens is 7. The van der Waals surface area contributed by atoms with Crippen molar-refractivity contribution in [2.75, 3.05) is 0 Å². The Bertz CT molecular complexity index is 1050. The van der Waals surface area contributed by atoms with Crippen LogP contribution in [0, 0.1) is 6.92 Å². The van der Waals surface area contributed by atoms with Crippen molar-refractivity contribution in [3.8, 4) is 11.4 Å². The van der Waals surface area contributed by atoms with Crippen molar-refractivity contribution in [1.29, 1.82) is 0 Å². The molecule has 0 aliphatic carbocycles. The number of rotatable bonds is 9. The Labute approximate surface area is 173 Å². The van der Waals surface area contributed by atoms with Gasteiger partial charge in [-0.1, -0.05) is 55.4 Å². The molecule has 0 aliphatic rings. The SMILES string of the molecule is CCCCn1nnnc1CSc1nnc(-c2ccoc2C)n1Cc1ccccc1. The van der Waals surface area contributed by atoms with Crippen molar-refractivity contribution < 1.29 is 4.42 Å². The minimum Gasteiger partial charge on any atom is -0.469 e. The van der Waals surface area contributed by atoms with Crippen LogP contribution in [-0.2, 0) is 18.8 Å². The molecule has 8 nitrogen and oxygen atoms in total. The first-order chi connectivity index (χ1) is 14.3. The van der Waals surface area contributed by atoms with E-state index >= 15 is 0 Å². The molecule has 0 amide bonds. The summed E-state index contributed by atoms with van der Waals surface area (Å²) in [5, 5.41) is 21.9. The largest absolute Gasteiger partial charge is 0.469 e. The third-order valence-corrected chi connectivity index (χ3v) is 5.62. The second-order valence-electron chi connectivity index (χ2n) is 6.73. The van der Waals surface area contributed by atoms with Crippen molar-refractivity contribution >= 4 is 11.8 Å². The topological polar surface area (TPSA) is 87.4 Å². The zero-order chi connectivity index (χ0) is 20.1. The molecule has 0 atom stereocenters. The summed E-state index contributed by atoms with van der Waals surface area (Å²) in [6.45, 7) is 5.60. The molecular formula is C20H23N7OS. The van der Waals surface area contributed by atoms with Crippen molar-refractivity contribution in [2.45, 2.75) is 50.7 Å². The first kappa shape index (κ1) is 19.4. The van der Waals surface area contributed by atoms with Gasteiger partial charge in [0.2, 0.25) is 0 Å². The lowest BCUT2D eigenvalue weighted by molar-refractivity contribution is 0.534. The van der Waals surface area contributed by atoms with Gasteiger partial charge in [0, 0.05) is 6.54 Å². The highest BCUT2D eigenvalue weighted by Crippen LogP contribution is 2.29. The van der Waals surface area contributed by atoms with Crippen LogP contribution in [0.1, 0.15) is 36.9 Å². The summed E-state index contributed by atoms with van der Waals surface area (Å²) < 4.78 is 9.48. The molecule has 0 unspecified atom stereocenters. The van der Waals surface area contributed by atoms with Gasteiger partial charge in [-0.25, -0.2) is 4.68 Å². The predicted molar refractivity (Wildman–Crippen MR) is 110 cm³/mol. The predicted octanol–water partition coefficient (Wildman–Crippen LogP) is 3.97. The molecule has 0 fully saturated rings. The highest BCUT2D eigenvalue weighted by atomic mass is 32.2. The van der Waals surface area contributed by atoms with Crippen LogP contribution in [0.4, 0.5) is 0 Å². The molecular weight excluding hydrogens is 386 g/mol. The fourth-order valence-electron chi connectivity index (χ4n) is 3.06. The Morgan fingerprint density at radius 2 is 1.93 bits per heavy atom. The van der Waals surface area contributed by atoms with Crippen molar-refractivity contribution in [3.05, 3.63) is 59.8 Å². The molecule has 1 aromatic carbocycles. The lowest BCUT2D eigenvalue weighted by Gasteiger charge is -2.10. The second-order valence-corrected chi connectivity index (χ2v) is 7.67. The molecule has 150 valence electrons. The minimum atomic E-state index is 0.633. The first-order valence-corrected chi connectivity index (χ1v) is 10.6. The summed E-state index contributed by atoms with van der Waals surface area (Å²) in [7, 11) is 0. The number of tetrazole rings is 1. The van der Waals surface area contributed by atoms with Gasteiger partial charge in [-0.3, -0.25) is 4.57 Å². The highest BCUT2D eigenvalue weighted by molar-refractivity contribution is 7.98. The fraction of sp³-hybridized carbons (Fsp3) is 0.350. The smallest absolute Gasteiger partial charge is 0.192 e. The van der Waals surface area contributed by atoms with Gasteiger partial charge < -0.3 is 4.42 Å². The molecule has 0 bridgehead atoms. The van der Waals surface area contributed by atoms with Crippen LogP contribution >= 0.6 is 11.8 Å². The van der Waals surface area contributed by atoms with E-state index in [4.69, 9.17) is 4.42 Å². The van der Waals surface area contributed by atoms with Gasteiger partial charge in [0.05, 0.1) is 24.1 Å². The summed E-state index contributed by atoms with van der Waals surface area (Å²) in [5.41, 5.74) is 2.14. The van der Waals surface area contributed by atoms with Crippen molar-refractivity contribution in [3.63, 3.8) is 0 Å². The average molecular weight is 410 g/mol. The van der Waals surface area contributed by atoms with Crippen molar-refractivity contribution in [1.82, 2.24) is 35.0 Å². The fourth-order valence-corrected chi connectivity index (χ4v) is 3.93. The maximum Gasteiger partial charge on any atom is 0.192 e.